The number of nitrogens with zero attached hydrogens (tertiary/aromatic N) is 1. The number of carbonyl (C=O) groups is 3. The van der Waals surface area contributed by atoms with Crippen molar-refractivity contribution in [3.05, 3.63) is 36.0 Å². The maximum Gasteiger partial charge on any atom is 0.326 e. The zero-order valence-electron chi connectivity index (χ0n) is 18.5. The van der Waals surface area contributed by atoms with E-state index in [0.717, 1.165) is 27.6 Å². The Morgan fingerprint density at radius 3 is 2.50 bits per heavy atom. The number of aliphatic hydroxyl groups excluding tert-OH is 4. The molecule has 1 aromatic carbocycles. The number of aliphatic hydroxyl groups is 4. The first-order valence-corrected chi connectivity index (χ1v) is 11.6. The number of thioether (sulfide) groups is 1. The molecule has 2 saturated heterocycles. The predicted molar refractivity (Wildman–Crippen MR) is 122 cm³/mol. The minimum atomic E-state index is -2.05. The van der Waals surface area contributed by atoms with Crippen LogP contribution in [0.3, 0.4) is 0 Å². The van der Waals surface area contributed by atoms with Crippen LogP contribution >= 0.6 is 11.8 Å². The molecule has 184 valence electrons. The molecule has 0 aliphatic carbocycles. The van der Waals surface area contributed by atoms with Gasteiger partial charge in [-0.3, -0.25) is 9.59 Å². The minimum absolute atomic E-state index is 0.0224. The van der Waals surface area contributed by atoms with Crippen LogP contribution < -0.4 is 5.32 Å². The first-order chi connectivity index (χ1) is 15.9. The number of aliphatic carboxylic acids is 1. The number of hydrogen-bond acceptors (Lipinski definition) is 8. The van der Waals surface area contributed by atoms with Crippen molar-refractivity contribution in [2.75, 3.05) is 0 Å². The molecule has 0 spiro atoms. The average molecular weight is 494 g/mol. The SMILES string of the molecule is CC1(C)S[C@@H]2[C@H](O)[C@@H](O)[C@H](O)[C@H](O)C(=O)N2[C@@H]1C(=O)N[C@@H](Cc1c[nH]c2ccccc12)C(=O)O. The van der Waals surface area contributed by atoms with Gasteiger partial charge in [0.15, 0.2) is 6.10 Å². The fourth-order valence-corrected chi connectivity index (χ4v) is 6.28. The molecule has 2 aliphatic heterocycles. The molecule has 2 fully saturated rings. The van der Waals surface area contributed by atoms with Crippen LogP contribution in [0.2, 0.25) is 0 Å². The smallest absolute Gasteiger partial charge is 0.326 e. The van der Waals surface area contributed by atoms with Crippen LogP contribution in [0.25, 0.3) is 10.9 Å². The normalized spacial score (nSPS) is 31.7. The molecule has 12 heteroatoms. The number of benzene rings is 1. The number of carbonyl (C=O) groups excluding carboxylic acids is 2. The number of carboxylic acids is 1. The predicted octanol–water partition coefficient (Wildman–Crippen LogP) is -1.21. The van der Waals surface area contributed by atoms with E-state index < -0.39 is 64.4 Å². The highest BCUT2D eigenvalue weighted by Crippen LogP contribution is 2.47. The van der Waals surface area contributed by atoms with Gasteiger partial charge in [-0.05, 0) is 25.5 Å². The third kappa shape index (κ3) is 4.05. The largest absolute Gasteiger partial charge is 0.480 e. The molecule has 2 aromatic rings. The maximum atomic E-state index is 13.4. The van der Waals surface area contributed by atoms with Crippen molar-refractivity contribution in [2.24, 2.45) is 0 Å². The van der Waals surface area contributed by atoms with Gasteiger partial charge in [0.25, 0.3) is 5.91 Å². The highest BCUT2D eigenvalue weighted by atomic mass is 32.2. The molecule has 0 unspecified atom stereocenters. The summed E-state index contributed by atoms with van der Waals surface area (Å²) in [4.78, 5) is 42.3. The second kappa shape index (κ2) is 8.86. The van der Waals surface area contributed by atoms with Crippen LogP contribution in [0, 0.1) is 0 Å². The number of amides is 2. The van der Waals surface area contributed by atoms with Gasteiger partial charge in [0.1, 0.15) is 35.8 Å². The quantitative estimate of drug-likeness (QED) is 0.268. The highest BCUT2D eigenvalue weighted by Gasteiger charge is 2.60. The fraction of sp³-hybridized carbons (Fsp3) is 0.500. The van der Waals surface area contributed by atoms with E-state index >= 15 is 0 Å². The zero-order valence-corrected chi connectivity index (χ0v) is 19.3. The molecule has 34 heavy (non-hydrogen) atoms. The van der Waals surface area contributed by atoms with Crippen LogP contribution in [-0.4, -0.2) is 99.8 Å². The van der Waals surface area contributed by atoms with E-state index in [9.17, 15) is 39.9 Å². The van der Waals surface area contributed by atoms with Gasteiger partial charge in [0, 0.05) is 28.3 Å². The zero-order chi connectivity index (χ0) is 24.9. The summed E-state index contributed by atoms with van der Waals surface area (Å²) in [7, 11) is 0. The molecule has 7 N–H and O–H groups in total. The van der Waals surface area contributed by atoms with Gasteiger partial charge >= 0.3 is 5.97 Å². The maximum absolute atomic E-state index is 13.4. The topological polar surface area (TPSA) is 183 Å². The number of rotatable bonds is 5. The fourth-order valence-electron chi connectivity index (χ4n) is 4.67. The van der Waals surface area contributed by atoms with Crippen LogP contribution in [0.4, 0.5) is 0 Å². The second-order valence-electron chi connectivity index (χ2n) is 9.14. The lowest BCUT2D eigenvalue weighted by Crippen LogP contribution is -2.59. The van der Waals surface area contributed by atoms with Crippen LogP contribution in [0.5, 0.6) is 0 Å². The number of H-pyrrole nitrogens is 1. The molecule has 4 rings (SSSR count). The number of aromatic nitrogens is 1. The summed E-state index contributed by atoms with van der Waals surface area (Å²) in [5, 5.41) is 52.9. The Labute approximate surface area is 198 Å². The Balaban J connectivity index is 1.62. The summed E-state index contributed by atoms with van der Waals surface area (Å²) in [6, 6.07) is 4.73. The van der Waals surface area contributed by atoms with E-state index in [0.29, 0.717) is 5.56 Å². The summed E-state index contributed by atoms with van der Waals surface area (Å²) in [5.41, 5.74) is 1.50. The third-order valence-corrected chi connectivity index (χ3v) is 8.00. The summed E-state index contributed by atoms with van der Waals surface area (Å²) in [6.07, 6.45) is -5.79. The van der Waals surface area contributed by atoms with Gasteiger partial charge in [0.05, 0.1) is 0 Å². The Hall–Kier alpha value is -2.64. The lowest BCUT2D eigenvalue weighted by Gasteiger charge is -2.33. The third-order valence-electron chi connectivity index (χ3n) is 6.42. The molecule has 7 atom stereocenters. The first-order valence-electron chi connectivity index (χ1n) is 10.7. The minimum Gasteiger partial charge on any atom is -0.480 e. The lowest BCUT2D eigenvalue weighted by molar-refractivity contribution is -0.153. The Kier molecular flexibility index (Phi) is 6.38. The molecule has 1 aromatic heterocycles. The van der Waals surface area contributed by atoms with Gasteiger partial charge in [-0.1, -0.05) is 18.2 Å². The summed E-state index contributed by atoms with van der Waals surface area (Å²) in [5.74, 6) is -3.09. The van der Waals surface area contributed by atoms with Crippen LogP contribution in [-0.2, 0) is 20.8 Å². The van der Waals surface area contributed by atoms with E-state index in [1.54, 1.807) is 20.0 Å². The standard InChI is InChI=1S/C22H27N3O8S/c1-22(2)17(25-19(31)15(28)13(26)14(27)16(29)20(25)34-22)18(30)24-12(21(32)33)7-9-8-23-11-6-4-3-5-10(9)11/h3-6,8,12-17,20,23,26-29H,7H2,1-2H3,(H,24,30)(H,32,33)/t12-,13-,14-,15-,16+,17+,20+/m0/s1. The number of para-hydroxylation sites is 1. The van der Waals surface area contributed by atoms with E-state index in [4.69, 9.17) is 0 Å². The average Bonchev–Trinajstić information content (AvgIpc) is 3.31. The van der Waals surface area contributed by atoms with Gasteiger partial charge in [0.2, 0.25) is 5.91 Å². The summed E-state index contributed by atoms with van der Waals surface area (Å²) >= 11 is 1.02. The number of hydrogen-bond donors (Lipinski definition) is 7. The summed E-state index contributed by atoms with van der Waals surface area (Å²) < 4.78 is -1.00. The molecule has 2 amide bonds. The molecule has 11 nitrogen and oxygen atoms in total. The molecular weight excluding hydrogens is 466 g/mol. The second-order valence-corrected chi connectivity index (χ2v) is 10.9. The van der Waals surface area contributed by atoms with Crippen molar-refractivity contribution in [3.8, 4) is 0 Å². The molecule has 3 heterocycles. The van der Waals surface area contributed by atoms with E-state index in [2.05, 4.69) is 10.3 Å². The number of fused-ring (bicyclic) bond motifs is 2. The van der Waals surface area contributed by atoms with Gasteiger partial charge in [-0.15, -0.1) is 11.8 Å². The molecule has 0 radical (unpaired) electrons. The number of nitrogens with one attached hydrogen (secondary N) is 2. The highest BCUT2D eigenvalue weighted by molar-refractivity contribution is 8.01. The van der Waals surface area contributed by atoms with Crippen molar-refractivity contribution in [2.45, 2.75) is 66.9 Å². The molecule has 2 aliphatic rings. The van der Waals surface area contributed by atoms with Gasteiger partial charge in [-0.25, -0.2) is 4.79 Å². The number of aromatic amines is 1. The van der Waals surface area contributed by atoms with Crippen molar-refractivity contribution < 1.29 is 39.9 Å². The monoisotopic (exact) mass is 493 g/mol. The van der Waals surface area contributed by atoms with Crippen molar-refractivity contribution >= 4 is 40.4 Å². The first kappa shape index (κ1) is 24.5. The Bertz CT molecular complexity index is 1120. The number of carboxylic acid groups (broad SMARTS) is 1. The van der Waals surface area contributed by atoms with E-state index in [1.807, 2.05) is 24.3 Å². The van der Waals surface area contributed by atoms with Crippen LogP contribution in [0.1, 0.15) is 19.4 Å². The van der Waals surface area contributed by atoms with Crippen molar-refractivity contribution in [1.82, 2.24) is 15.2 Å². The molecular formula is C22H27N3O8S. The van der Waals surface area contributed by atoms with E-state index in [-0.39, 0.29) is 6.42 Å². The van der Waals surface area contributed by atoms with Crippen LogP contribution in [0.15, 0.2) is 30.5 Å². The summed E-state index contributed by atoms with van der Waals surface area (Å²) in [6.45, 7) is 3.28. The molecule has 0 bridgehead atoms. The van der Waals surface area contributed by atoms with E-state index in [1.165, 1.54) is 0 Å². The molecule has 0 saturated carbocycles. The van der Waals surface area contributed by atoms with Crippen molar-refractivity contribution in [1.29, 1.82) is 0 Å². The lowest BCUT2D eigenvalue weighted by atomic mass is 9.98. The van der Waals surface area contributed by atoms with Crippen molar-refractivity contribution in [3.63, 3.8) is 0 Å². The van der Waals surface area contributed by atoms with Gasteiger partial charge in [-0.2, -0.15) is 0 Å². The Morgan fingerprint density at radius 2 is 1.82 bits per heavy atom. The Morgan fingerprint density at radius 1 is 1.15 bits per heavy atom. The van der Waals surface area contributed by atoms with Gasteiger partial charge < -0.3 is 40.7 Å².